The van der Waals surface area contributed by atoms with Gasteiger partial charge in [0.05, 0.1) is 38.2 Å². The lowest BCUT2D eigenvalue weighted by atomic mass is 9.60. The summed E-state index contributed by atoms with van der Waals surface area (Å²) in [4.78, 5) is 73.2. The normalized spacial score (nSPS) is 22.1. The quantitative estimate of drug-likeness (QED) is 0.0995. The van der Waals surface area contributed by atoms with E-state index in [1.165, 1.54) is 14.0 Å². The second kappa shape index (κ2) is 16.8. The Bertz CT molecular complexity index is 2220. The van der Waals surface area contributed by atoms with Crippen molar-refractivity contribution in [2.24, 2.45) is 11.3 Å². The molecule has 0 unspecified atom stereocenters. The number of benzene rings is 3. The van der Waals surface area contributed by atoms with E-state index in [0.717, 1.165) is 16.7 Å². The van der Waals surface area contributed by atoms with Crippen LogP contribution in [0.3, 0.4) is 0 Å². The van der Waals surface area contributed by atoms with E-state index in [2.05, 4.69) is 5.32 Å². The molecule has 2 amide bonds. The van der Waals surface area contributed by atoms with Gasteiger partial charge in [-0.05, 0) is 51.3 Å². The number of imidazole rings is 1. The number of hydrogen-bond donors (Lipinski definition) is 1. The largest absolute Gasteiger partial charge is 0.464 e. The number of esters is 1. The van der Waals surface area contributed by atoms with Gasteiger partial charge in [0.1, 0.15) is 37.1 Å². The van der Waals surface area contributed by atoms with Crippen molar-refractivity contribution in [3.63, 3.8) is 0 Å². The van der Waals surface area contributed by atoms with Crippen LogP contribution in [0.5, 0.6) is 0 Å². The fourth-order valence-electron chi connectivity index (χ4n) is 8.23. The van der Waals surface area contributed by atoms with Crippen molar-refractivity contribution in [2.45, 2.75) is 91.2 Å². The van der Waals surface area contributed by atoms with E-state index in [-0.39, 0.29) is 57.9 Å². The molecule has 3 aromatic carbocycles. The van der Waals surface area contributed by atoms with Crippen molar-refractivity contribution in [1.82, 2.24) is 19.4 Å². The SMILES string of the molecule is CC(C)(C)OC(=O)N1[C@H]([C@@H]2c3c(n(COCc4ccccc4)c(=O)n3COCc3ccccc3)C(=O)[C@@]3(CNC(=O)OCc4ccccc4)C(=O)OC[C@@H]23)COC1(C)C. The number of nitrogens with zero attached hydrogens (tertiary/aromatic N) is 3. The molecule has 15 nitrogen and oxygen atoms in total. The maximum Gasteiger partial charge on any atom is 0.412 e. The van der Waals surface area contributed by atoms with Crippen LogP contribution < -0.4 is 11.0 Å². The average Bonchev–Trinajstić information content (AvgIpc) is 3.81. The number of Topliss-reactive ketones (excluding diaryl/α,β-unsaturated/α-hetero) is 1. The van der Waals surface area contributed by atoms with E-state index in [0.29, 0.717) is 0 Å². The monoisotopic (exact) mass is 810 g/mol. The maximum absolute atomic E-state index is 15.3. The third kappa shape index (κ3) is 8.40. The molecule has 0 saturated carbocycles. The number of fused-ring (bicyclic) bond motifs is 2. The Morgan fingerprint density at radius 1 is 0.780 bits per heavy atom. The van der Waals surface area contributed by atoms with Gasteiger partial charge in [-0.3, -0.25) is 23.6 Å². The summed E-state index contributed by atoms with van der Waals surface area (Å²) in [6.45, 7) is 7.39. The zero-order valence-corrected chi connectivity index (χ0v) is 33.9. The van der Waals surface area contributed by atoms with Gasteiger partial charge in [0.25, 0.3) is 0 Å². The summed E-state index contributed by atoms with van der Waals surface area (Å²) in [7, 11) is 0. The van der Waals surface area contributed by atoms with Gasteiger partial charge in [0.15, 0.2) is 5.41 Å². The highest BCUT2D eigenvalue weighted by Crippen LogP contribution is 2.54. The zero-order chi connectivity index (χ0) is 42.0. The highest BCUT2D eigenvalue weighted by Gasteiger charge is 2.68. The summed E-state index contributed by atoms with van der Waals surface area (Å²) in [6, 6.07) is 26.9. The number of hydrogen-bond acceptors (Lipinski definition) is 11. The Labute approximate surface area is 342 Å². The lowest BCUT2D eigenvalue weighted by Gasteiger charge is -2.44. The molecule has 0 bridgehead atoms. The first-order valence-electron chi connectivity index (χ1n) is 19.6. The van der Waals surface area contributed by atoms with Crippen LogP contribution in [0.2, 0.25) is 0 Å². The number of carbonyl (C=O) groups excluding carboxylic acids is 4. The molecule has 3 heterocycles. The summed E-state index contributed by atoms with van der Waals surface area (Å²) in [5.74, 6) is -3.60. The van der Waals surface area contributed by atoms with Crippen LogP contribution in [0, 0.1) is 11.3 Å². The van der Waals surface area contributed by atoms with Crippen LogP contribution in [0.15, 0.2) is 95.8 Å². The Morgan fingerprint density at radius 2 is 1.32 bits per heavy atom. The van der Waals surface area contributed by atoms with Crippen LogP contribution in [0.1, 0.15) is 73.4 Å². The fraction of sp³-hybridized carbons (Fsp3) is 0.432. The number of amides is 2. The fourth-order valence-corrected chi connectivity index (χ4v) is 8.23. The number of ketones is 1. The topological polar surface area (TPSA) is 166 Å². The molecule has 1 aliphatic carbocycles. The molecule has 59 heavy (non-hydrogen) atoms. The van der Waals surface area contributed by atoms with E-state index in [1.54, 1.807) is 46.8 Å². The highest BCUT2D eigenvalue weighted by atomic mass is 16.6. The van der Waals surface area contributed by atoms with Crippen molar-refractivity contribution >= 4 is 23.9 Å². The van der Waals surface area contributed by atoms with Crippen LogP contribution in [-0.4, -0.2) is 75.1 Å². The summed E-state index contributed by atoms with van der Waals surface area (Å²) in [5.41, 5.74) is -2.25. The Morgan fingerprint density at radius 3 is 1.88 bits per heavy atom. The van der Waals surface area contributed by atoms with Crippen LogP contribution in [-0.2, 0) is 66.5 Å². The third-order valence-corrected chi connectivity index (χ3v) is 10.9. The second-order valence-electron chi connectivity index (χ2n) is 16.4. The van der Waals surface area contributed by atoms with Crippen LogP contribution in [0.25, 0.3) is 0 Å². The van der Waals surface area contributed by atoms with Gasteiger partial charge in [0.2, 0.25) is 5.78 Å². The van der Waals surface area contributed by atoms with E-state index in [9.17, 15) is 19.2 Å². The standard InChI is InChI=1S/C44H50N4O11/c1-42(2,3)59-41(53)48-33(25-58-43(48,4)5)34-32-24-56-38(50)44(32,26-45-39(51)57-23-31-19-13-8-14-20-31)37(49)36-35(34)46(27-54-21-29-15-9-6-10-16-29)40(52)47(36)28-55-22-30-17-11-7-12-18-30/h6-20,32-34H,21-28H2,1-5H3,(H,45,51)/t32-,33-,34+,44-/m0/s1. The predicted octanol–water partition coefficient (Wildman–Crippen LogP) is 5.74. The molecular weight excluding hydrogens is 761 g/mol. The second-order valence-corrected chi connectivity index (χ2v) is 16.4. The van der Waals surface area contributed by atoms with Crippen molar-refractivity contribution in [3.8, 4) is 0 Å². The lowest BCUT2D eigenvalue weighted by molar-refractivity contribution is -0.144. The van der Waals surface area contributed by atoms with Gasteiger partial charge in [-0.15, -0.1) is 0 Å². The number of alkyl carbamates (subject to hydrolysis) is 1. The third-order valence-electron chi connectivity index (χ3n) is 10.9. The van der Waals surface area contributed by atoms with Gasteiger partial charge < -0.3 is 33.7 Å². The van der Waals surface area contributed by atoms with E-state index in [4.69, 9.17) is 28.4 Å². The molecule has 2 saturated heterocycles. The molecular formula is C44H50N4O11. The van der Waals surface area contributed by atoms with Crippen LogP contribution >= 0.6 is 0 Å². The van der Waals surface area contributed by atoms with Gasteiger partial charge in [-0.25, -0.2) is 14.4 Å². The highest BCUT2D eigenvalue weighted by molar-refractivity contribution is 6.15. The predicted molar refractivity (Wildman–Crippen MR) is 212 cm³/mol. The molecule has 3 aliphatic rings. The van der Waals surface area contributed by atoms with Crippen LogP contribution in [0.4, 0.5) is 9.59 Å². The lowest BCUT2D eigenvalue weighted by Crippen LogP contribution is -2.59. The van der Waals surface area contributed by atoms with Gasteiger partial charge in [-0.2, -0.15) is 0 Å². The number of nitrogens with one attached hydrogen (secondary N) is 1. The minimum absolute atomic E-state index is 0.0490. The first-order chi connectivity index (χ1) is 28.2. The van der Waals surface area contributed by atoms with Crippen molar-refractivity contribution in [2.75, 3.05) is 19.8 Å². The smallest absolute Gasteiger partial charge is 0.412 e. The van der Waals surface area contributed by atoms with Crippen molar-refractivity contribution in [1.29, 1.82) is 0 Å². The Balaban J connectivity index is 1.34. The summed E-state index contributed by atoms with van der Waals surface area (Å²) in [5, 5.41) is 2.66. The number of ether oxygens (including phenoxy) is 6. The van der Waals surface area contributed by atoms with Gasteiger partial charge >= 0.3 is 23.8 Å². The molecule has 4 atom stereocenters. The molecule has 1 aromatic heterocycles. The molecule has 312 valence electrons. The van der Waals surface area contributed by atoms with Gasteiger partial charge in [-0.1, -0.05) is 91.0 Å². The Hall–Kier alpha value is -5.77. The molecule has 0 spiro atoms. The molecule has 4 aromatic rings. The average molecular weight is 811 g/mol. The number of rotatable bonds is 13. The van der Waals surface area contributed by atoms with Gasteiger partial charge in [0, 0.05) is 18.4 Å². The molecule has 2 aliphatic heterocycles. The minimum atomic E-state index is -2.04. The number of aromatic nitrogens is 2. The molecule has 1 N–H and O–H groups in total. The molecule has 0 radical (unpaired) electrons. The molecule has 2 fully saturated rings. The number of cyclic esters (lactones) is 1. The van der Waals surface area contributed by atoms with Crippen molar-refractivity contribution < 1.29 is 47.6 Å². The number of carbonyl (C=O) groups is 4. The first-order valence-corrected chi connectivity index (χ1v) is 19.6. The summed E-state index contributed by atoms with van der Waals surface area (Å²) >= 11 is 0. The van der Waals surface area contributed by atoms with E-state index >= 15 is 4.79 Å². The minimum Gasteiger partial charge on any atom is -0.464 e. The summed E-state index contributed by atoms with van der Waals surface area (Å²) < 4.78 is 38.2. The first kappa shape index (κ1) is 41.4. The van der Waals surface area contributed by atoms with Crippen molar-refractivity contribution in [3.05, 3.63) is 130 Å². The summed E-state index contributed by atoms with van der Waals surface area (Å²) in [6.07, 6.45) is -1.56. The zero-order valence-electron chi connectivity index (χ0n) is 33.9. The Kier molecular flexibility index (Phi) is 11.8. The molecule has 7 rings (SSSR count). The maximum atomic E-state index is 15.3. The molecule has 15 heteroatoms. The van der Waals surface area contributed by atoms with E-state index in [1.807, 2.05) is 78.9 Å². The van der Waals surface area contributed by atoms with E-state index < -0.39 is 70.8 Å².